The minimum absolute atomic E-state index is 0.0409. The van der Waals surface area contributed by atoms with Gasteiger partial charge >= 0.3 is 0 Å². The number of halogens is 1. The van der Waals surface area contributed by atoms with Gasteiger partial charge in [0.2, 0.25) is 17.6 Å². The lowest BCUT2D eigenvalue weighted by atomic mass is 10.1. The van der Waals surface area contributed by atoms with Crippen LogP contribution in [0.25, 0.3) is 10.7 Å². The average molecular weight is 445 g/mol. The number of nitrogens with zero attached hydrogens (tertiary/aromatic N) is 3. The van der Waals surface area contributed by atoms with Crippen molar-refractivity contribution in [1.29, 1.82) is 0 Å². The molecule has 4 rings (SSSR count). The van der Waals surface area contributed by atoms with E-state index < -0.39 is 0 Å². The molecular formula is C22H25ClN4O2S. The maximum atomic E-state index is 12.4. The maximum Gasteiger partial charge on any atom is 0.226 e. The number of aryl methyl sites for hydroxylation is 1. The van der Waals surface area contributed by atoms with E-state index in [1.165, 1.54) is 12.8 Å². The molecule has 30 heavy (non-hydrogen) atoms. The Hall–Kier alpha value is -2.22. The Morgan fingerprint density at radius 2 is 2.13 bits per heavy atom. The second-order valence-electron chi connectivity index (χ2n) is 7.46. The van der Waals surface area contributed by atoms with Crippen LogP contribution in [-0.2, 0) is 11.2 Å². The Morgan fingerprint density at radius 3 is 2.90 bits per heavy atom. The maximum absolute atomic E-state index is 12.4. The molecule has 1 aromatic carbocycles. The Labute approximate surface area is 185 Å². The third-order valence-corrected chi connectivity index (χ3v) is 6.41. The smallest absolute Gasteiger partial charge is 0.226 e. The fourth-order valence-corrected chi connectivity index (χ4v) is 4.63. The van der Waals surface area contributed by atoms with E-state index in [0.717, 1.165) is 28.6 Å². The van der Waals surface area contributed by atoms with Gasteiger partial charge in [-0.2, -0.15) is 4.98 Å². The lowest BCUT2D eigenvalue weighted by Gasteiger charge is -2.28. The van der Waals surface area contributed by atoms with E-state index in [-0.39, 0.29) is 11.9 Å². The van der Waals surface area contributed by atoms with E-state index >= 15 is 0 Å². The molecule has 6 nitrogen and oxygen atoms in total. The van der Waals surface area contributed by atoms with Gasteiger partial charge in [-0.15, -0.1) is 11.3 Å². The summed E-state index contributed by atoms with van der Waals surface area (Å²) < 4.78 is 5.30. The predicted molar refractivity (Wildman–Crippen MR) is 119 cm³/mol. The monoisotopic (exact) mass is 444 g/mol. The number of benzene rings is 1. The van der Waals surface area contributed by atoms with Crippen molar-refractivity contribution in [3.63, 3.8) is 0 Å². The number of hydrogen-bond acceptors (Lipinski definition) is 6. The Kier molecular flexibility index (Phi) is 7.15. The number of carbonyl (C=O) groups is 1. The van der Waals surface area contributed by atoms with Gasteiger partial charge < -0.3 is 9.84 Å². The highest BCUT2D eigenvalue weighted by Gasteiger charge is 2.24. The molecule has 8 heteroatoms. The number of nitrogens with one attached hydrogen (secondary N) is 1. The lowest BCUT2D eigenvalue weighted by molar-refractivity contribution is -0.121. The average Bonchev–Trinajstić information content (AvgIpc) is 3.50. The van der Waals surface area contributed by atoms with Crippen molar-refractivity contribution in [2.24, 2.45) is 0 Å². The van der Waals surface area contributed by atoms with Crippen LogP contribution in [0.2, 0.25) is 5.02 Å². The zero-order valence-electron chi connectivity index (χ0n) is 16.7. The van der Waals surface area contributed by atoms with Gasteiger partial charge in [-0.25, -0.2) is 0 Å². The highest BCUT2D eigenvalue weighted by atomic mass is 35.5. The largest absolute Gasteiger partial charge is 0.354 e. The summed E-state index contributed by atoms with van der Waals surface area (Å²) in [6.07, 6.45) is 4.09. The van der Waals surface area contributed by atoms with Gasteiger partial charge in [-0.05, 0) is 61.5 Å². The molecule has 3 aromatic rings. The highest BCUT2D eigenvalue weighted by molar-refractivity contribution is 7.13. The molecule has 0 radical (unpaired) electrons. The molecule has 0 aliphatic carbocycles. The van der Waals surface area contributed by atoms with Gasteiger partial charge in [-0.1, -0.05) is 35.0 Å². The summed E-state index contributed by atoms with van der Waals surface area (Å²) in [6, 6.07) is 12.0. The van der Waals surface area contributed by atoms with Crippen molar-refractivity contribution in [1.82, 2.24) is 20.4 Å². The van der Waals surface area contributed by atoms with Crippen LogP contribution in [0.1, 0.15) is 43.2 Å². The predicted octanol–water partition coefficient (Wildman–Crippen LogP) is 4.73. The van der Waals surface area contributed by atoms with E-state index in [1.807, 2.05) is 35.7 Å². The van der Waals surface area contributed by atoms with Crippen LogP contribution in [0.4, 0.5) is 0 Å². The van der Waals surface area contributed by atoms with Crippen LogP contribution in [0.3, 0.4) is 0 Å². The van der Waals surface area contributed by atoms with Crippen molar-refractivity contribution in [3.05, 3.63) is 58.3 Å². The van der Waals surface area contributed by atoms with E-state index in [4.69, 9.17) is 16.1 Å². The SMILES string of the molecule is O=C(CCCc1nc(-c2cccs2)no1)NCC(c1cccc(Cl)c1)N1CCCC1. The fourth-order valence-electron chi connectivity index (χ4n) is 3.79. The summed E-state index contributed by atoms with van der Waals surface area (Å²) in [5.41, 5.74) is 1.15. The molecule has 0 bridgehead atoms. The number of rotatable bonds is 9. The molecule has 1 aliphatic rings. The number of likely N-dealkylation sites (tertiary alicyclic amines) is 1. The number of amides is 1. The van der Waals surface area contributed by atoms with E-state index in [9.17, 15) is 4.79 Å². The third-order valence-electron chi connectivity index (χ3n) is 5.31. The van der Waals surface area contributed by atoms with Gasteiger partial charge in [0.25, 0.3) is 0 Å². The number of carbonyl (C=O) groups excluding carboxylic acids is 1. The molecule has 3 heterocycles. The standard InChI is InChI=1S/C22H25ClN4O2S/c23-17-7-3-6-16(14-17)18(27-11-1-2-12-27)15-24-20(28)9-4-10-21-25-22(26-29-21)19-8-5-13-30-19/h3,5-8,13-14,18H,1-2,4,9-12,15H2,(H,24,28). The van der Waals surface area contributed by atoms with E-state index in [2.05, 4.69) is 26.4 Å². The molecule has 158 valence electrons. The molecular weight excluding hydrogens is 420 g/mol. The zero-order chi connectivity index (χ0) is 20.8. The van der Waals surface area contributed by atoms with Crippen LogP contribution in [0, 0.1) is 0 Å². The Balaban J connectivity index is 1.26. The zero-order valence-corrected chi connectivity index (χ0v) is 18.3. The summed E-state index contributed by atoms with van der Waals surface area (Å²) >= 11 is 7.77. The molecule has 1 N–H and O–H groups in total. The van der Waals surface area contributed by atoms with Crippen LogP contribution >= 0.6 is 22.9 Å². The van der Waals surface area contributed by atoms with Gasteiger partial charge in [0.15, 0.2) is 0 Å². The molecule has 1 saturated heterocycles. The third kappa shape index (κ3) is 5.47. The minimum Gasteiger partial charge on any atom is -0.354 e. The van der Waals surface area contributed by atoms with Gasteiger partial charge in [0.1, 0.15) is 0 Å². The van der Waals surface area contributed by atoms with Crippen LogP contribution in [-0.4, -0.2) is 40.6 Å². The van der Waals surface area contributed by atoms with Crippen LogP contribution < -0.4 is 5.32 Å². The number of aromatic nitrogens is 2. The van der Waals surface area contributed by atoms with Crippen molar-refractivity contribution in [3.8, 4) is 10.7 Å². The van der Waals surface area contributed by atoms with Crippen LogP contribution in [0.5, 0.6) is 0 Å². The van der Waals surface area contributed by atoms with Crippen molar-refractivity contribution in [2.75, 3.05) is 19.6 Å². The molecule has 1 amide bonds. The first kappa shape index (κ1) is 21.0. The van der Waals surface area contributed by atoms with Crippen molar-refractivity contribution < 1.29 is 9.32 Å². The summed E-state index contributed by atoms with van der Waals surface area (Å²) in [6.45, 7) is 2.69. The topological polar surface area (TPSA) is 71.3 Å². The first-order valence-corrected chi connectivity index (χ1v) is 11.6. The van der Waals surface area contributed by atoms with Gasteiger partial charge in [0.05, 0.1) is 10.9 Å². The fraction of sp³-hybridized carbons (Fsp3) is 0.409. The second kappa shape index (κ2) is 10.2. The first-order valence-electron chi connectivity index (χ1n) is 10.3. The normalized spacial score (nSPS) is 15.4. The lowest BCUT2D eigenvalue weighted by Crippen LogP contribution is -2.36. The quantitative estimate of drug-likeness (QED) is 0.516. The Morgan fingerprint density at radius 1 is 1.27 bits per heavy atom. The molecule has 2 aromatic heterocycles. The summed E-state index contributed by atoms with van der Waals surface area (Å²) in [5.74, 6) is 1.22. The minimum atomic E-state index is 0.0409. The van der Waals surface area contributed by atoms with E-state index in [0.29, 0.717) is 37.5 Å². The summed E-state index contributed by atoms with van der Waals surface area (Å²) in [4.78, 5) is 20.2. The number of thiophene rings is 1. The first-order chi connectivity index (χ1) is 14.7. The van der Waals surface area contributed by atoms with Crippen LogP contribution in [0.15, 0.2) is 46.3 Å². The van der Waals surface area contributed by atoms with Gasteiger partial charge in [0, 0.05) is 24.4 Å². The summed E-state index contributed by atoms with van der Waals surface area (Å²) in [5, 5.41) is 9.82. The molecule has 1 unspecified atom stereocenters. The molecule has 0 saturated carbocycles. The summed E-state index contributed by atoms with van der Waals surface area (Å²) in [7, 11) is 0. The van der Waals surface area contributed by atoms with E-state index in [1.54, 1.807) is 11.3 Å². The van der Waals surface area contributed by atoms with Gasteiger partial charge in [-0.3, -0.25) is 9.69 Å². The number of hydrogen-bond donors (Lipinski definition) is 1. The molecule has 0 spiro atoms. The molecule has 1 fully saturated rings. The van der Waals surface area contributed by atoms with Crippen molar-refractivity contribution in [2.45, 2.75) is 38.1 Å². The highest BCUT2D eigenvalue weighted by Crippen LogP contribution is 2.26. The van der Waals surface area contributed by atoms with Crippen molar-refractivity contribution >= 4 is 28.8 Å². The second-order valence-corrected chi connectivity index (χ2v) is 8.84. The molecule has 1 aliphatic heterocycles. The Bertz CT molecular complexity index is 954. The molecule has 1 atom stereocenters.